The fraction of sp³-hybridized carbons (Fsp3) is 0.208. The van der Waals surface area contributed by atoms with Crippen molar-refractivity contribution in [2.75, 3.05) is 0 Å². The van der Waals surface area contributed by atoms with Crippen LogP contribution in [0.2, 0.25) is 0 Å². The van der Waals surface area contributed by atoms with Crippen molar-refractivity contribution in [3.05, 3.63) is 110 Å². The summed E-state index contributed by atoms with van der Waals surface area (Å²) < 4.78 is 0. The molecule has 0 radical (unpaired) electrons. The second-order valence-corrected chi connectivity index (χ2v) is 7.29. The number of carbonyl (C=O) groups is 1. The minimum absolute atomic E-state index is 0.0227. The Morgan fingerprint density at radius 1 is 0.750 bits per heavy atom. The van der Waals surface area contributed by atoms with Crippen LogP contribution in [0.3, 0.4) is 0 Å². The smallest absolute Gasteiger partial charge is 0.269 e. The lowest BCUT2D eigenvalue weighted by atomic mass is 9.83. The molecule has 0 aliphatic heterocycles. The number of benzene rings is 3. The Balaban J connectivity index is 2.11. The molecule has 0 spiro atoms. The van der Waals surface area contributed by atoms with E-state index in [0.717, 1.165) is 22.3 Å². The van der Waals surface area contributed by atoms with E-state index in [1.807, 2.05) is 52.0 Å². The minimum atomic E-state index is -0.460. The van der Waals surface area contributed by atoms with Gasteiger partial charge in [0, 0.05) is 17.7 Å². The summed E-state index contributed by atoms with van der Waals surface area (Å²) in [5, 5.41) is 10.9. The number of Topliss-reactive ketones (excluding diaryl/α,β-unsaturated/α-hetero) is 1. The van der Waals surface area contributed by atoms with E-state index in [0.29, 0.717) is 5.56 Å². The fourth-order valence-corrected chi connectivity index (χ4v) is 3.30. The molecule has 3 aromatic rings. The van der Waals surface area contributed by atoms with Gasteiger partial charge in [0.1, 0.15) is 0 Å². The summed E-state index contributed by atoms with van der Waals surface area (Å²) in [5.74, 6) is -0.526. The molecular formula is C24H23NO3. The number of ketones is 1. The van der Waals surface area contributed by atoms with Crippen LogP contribution in [0.25, 0.3) is 0 Å². The van der Waals surface area contributed by atoms with Crippen LogP contribution in [0, 0.1) is 37.8 Å². The molecule has 0 atom stereocenters. The Morgan fingerprint density at radius 2 is 1.21 bits per heavy atom. The molecule has 28 heavy (non-hydrogen) atoms. The Labute approximate surface area is 165 Å². The summed E-state index contributed by atoms with van der Waals surface area (Å²) in [6.45, 7) is 8.16. The zero-order chi connectivity index (χ0) is 20.4. The average Bonchev–Trinajstić information content (AvgIpc) is 2.67. The second kappa shape index (κ2) is 7.77. The Kier molecular flexibility index (Phi) is 5.41. The van der Waals surface area contributed by atoms with Crippen molar-refractivity contribution in [1.29, 1.82) is 0 Å². The lowest BCUT2D eigenvalue weighted by Crippen LogP contribution is -2.15. The molecule has 0 aliphatic carbocycles. The van der Waals surface area contributed by atoms with Crippen LogP contribution >= 0.6 is 0 Å². The molecule has 0 unspecified atom stereocenters. The monoisotopic (exact) mass is 373 g/mol. The lowest BCUT2D eigenvalue weighted by Gasteiger charge is -2.19. The quantitative estimate of drug-likeness (QED) is 0.320. The molecule has 0 aliphatic rings. The number of nitro groups is 1. The molecule has 0 heterocycles. The van der Waals surface area contributed by atoms with Crippen LogP contribution in [0.1, 0.15) is 49.7 Å². The van der Waals surface area contributed by atoms with Crippen molar-refractivity contribution in [1.82, 2.24) is 0 Å². The number of rotatable bonds is 5. The first-order valence-corrected chi connectivity index (χ1v) is 9.21. The van der Waals surface area contributed by atoms with Gasteiger partial charge in [-0.15, -0.1) is 0 Å². The molecule has 0 saturated heterocycles. The normalized spacial score (nSPS) is 10.9. The number of hydrogen-bond acceptors (Lipinski definition) is 3. The van der Waals surface area contributed by atoms with Gasteiger partial charge in [-0.1, -0.05) is 36.4 Å². The predicted octanol–water partition coefficient (Wildman–Crippen LogP) is 5.84. The van der Waals surface area contributed by atoms with Gasteiger partial charge >= 0.3 is 0 Å². The van der Waals surface area contributed by atoms with E-state index in [1.54, 1.807) is 0 Å². The minimum Gasteiger partial charge on any atom is -0.293 e. The molecule has 3 aromatic carbocycles. The van der Waals surface area contributed by atoms with Crippen LogP contribution in [-0.4, -0.2) is 10.7 Å². The van der Waals surface area contributed by atoms with Gasteiger partial charge in [0.2, 0.25) is 0 Å². The SMILES string of the molecule is Cc1ccc(C(C(=O)c2ccc([N+](=O)[O-])cc2)c2ccc(C)c(C)c2)cc1C. The van der Waals surface area contributed by atoms with E-state index in [1.165, 1.54) is 35.4 Å². The molecule has 142 valence electrons. The molecule has 0 amide bonds. The second-order valence-electron chi connectivity index (χ2n) is 7.29. The highest BCUT2D eigenvalue weighted by atomic mass is 16.6. The highest BCUT2D eigenvalue weighted by Gasteiger charge is 2.25. The first-order valence-electron chi connectivity index (χ1n) is 9.21. The van der Waals surface area contributed by atoms with E-state index < -0.39 is 10.8 Å². The van der Waals surface area contributed by atoms with Crippen LogP contribution in [0.4, 0.5) is 5.69 Å². The number of aryl methyl sites for hydroxylation is 4. The summed E-state index contributed by atoms with van der Waals surface area (Å²) in [7, 11) is 0. The molecule has 0 aromatic heterocycles. The van der Waals surface area contributed by atoms with Gasteiger partial charge in [-0.05, 0) is 73.2 Å². The van der Waals surface area contributed by atoms with Gasteiger partial charge in [0.05, 0.1) is 10.8 Å². The van der Waals surface area contributed by atoms with Gasteiger partial charge in [0.15, 0.2) is 5.78 Å². The molecule has 4 heteroatoms. The van der Waals surface area contributed by atoms with Crippen molar-refractivity contribution in [2.24, 2.45) is 0 Å². The van der Waals surface area contributed by atoms with Gasteiger partial charge in [0.25, 0.3) is 5.69 Å². The average molecular weight is 373 g/mol. The van der Waals surface area contributed by atoms with E-state index in [9.17, 15) is 14.9 Å². The van der Waals surface area contributed by atoms with Crippen molar-refractivity contribution < 1.29 is 9.72 Å². The summed E-state index contributed by atoms with van der Waals surface area (Å²) in [4.78, 5) is 23.9. The largest absolute Gasteiger partial charge is 0.293 e. The third-order valence-electron chi connectivity index (χ3n) is 5.35. The van der Waals surface area contributed by atoms with Gasteiger partial charge in [-0.3, -0.25) is 14.9 Å². The molecular weight excluding hydrogens is 350 g/mol. The standard InChI is InChI=1S/C24H23NO3/c1-15-5-7-20(13-17(15)3)23(21-8-6-16(2)18(4)14-21)24(26)19-9-11-22(12-10-19)25(27)28/h5-14,23H,1-4H3. The van der Waals surface area contributed by atoms with Crippen molar-refractivity contribution >= 4 is 11.5 Å². The Bertz CT molecular complexity index is 1000. The highest BCUT2D eigenvalue weighted by Crippen LogP contribution is 2.31. The highest BCUT2D eigenvalue weighted by molar-refractivity contribution is 6.03. The molecule has 0 N–H and O–H groups in total. The molecule has 4 nitrogen and oxygen atoms in total. The van der Waals surface area contributed by atoms with E-state index >= 15 is 0 Å². The maximum atomic E-state index is 13.4. The van der Waals surface area contributed by atoms with E-state index in [2.05, 4.69) is 12.1 Å². The molecule has 0 saturated carbocycles. The Morgan fingerprint density at radius 3 is 1.61 bits per heavy atom. The zero-order valence-corrected chi connectivity index (χ0v) is 16.5. The first kappa shape index (κ1) is 19.5. The predicted molar refractivity (Wildman–Crippen MR) is 111 cm³/mol. The summed E-state index contributed by atoms with van der Waals surface area (Å²) in [5.41, 5.74) is 6.89. The topological polar surface area (TPSA) is 60.2 Å². The van der Waals surface area contributed by atoms with E-state index in [4.69, 9.17) is 0 Å². The van der Waals surface area contributed by atoms with Crippen molar-refractivity contribution in [3.63, 3.8) is 0 Å². The van der Waals surface area contributed by atoms with Crippen molar-refractivity contribution in [2.45, 2.75) is 33.6 Å². The summed E-state index contributed by atoms with van der Waals surface area (Å²) in [6, 6.07) is 18.0. The van der Waals surface area contributed by atoms with Gasteiger partial charge in [-0.25, -0.2) is 0 Å². The Hall–Kier alpha value is -3.27. The summed E-state index contributed by atoms with van der Waals surface area (Å²) in [6.07, 6.45) is 0. The number of nitro benzene ring substituents is 1. The van der Waals surface area contributed by atoms with Gasteiger partial charge in [-0.2, -0.15) is 0 Å². The number of non-ortho nitro benzene ring substituents is 1. The number of carbonyl (C=O) groups excluding carboxylic acids is 1. The zero-order valence-electron chi connectivity index (χ0n) is 16.5. The maximum Gasteiger partial charge on any atom is 0.269 e. The first-order chi connectivity index (χ1) is 13.3. The third kappa shape index (κ3) is 3.86. The summed E-state index contributed by atoms with van der Waals surface area (Å²) >= 11 is 0. The fourth-order valence-electron chi connectivity index (χ4n) is 3.30. The van der Waals surface area contributed by atoms with Gasteiger partial charge < -0.3 is 0 Å². The number of nitrogens with zero attached hydrogens (tertiary/aromatic N) is 1. The van der Waals surface area contributed by atoms with E-state index in [-0.39, 0.29) is 11.5 Å². The lowest BCUT2D eigenvalue weighted by molar-refractivity contribution is -0.384. The van der Waals surface area contributed by atoms with Crippen LogP contribution < -0.4 is 0 Å². The van der Waals surface area contributed by atoms with Crippen LogP contribution in [0.15, 0.2) is 60.7 Å². The van der Waals surface area contributed by atoms with Crippen LogP contribution in [0.5, 0.6) is 0 Å². The molecule has 0 fully saturated rings. The maximum absolute atomic E-state index is 13.4. The molecule has 3 rings (SSSR count). The third-order valence-corrected chi connectivity index (χ3v) is 5.35. The number of hydrogen-bond donors (Lipinski definition) is 0. The van der Waals surface area contributed by atoms with Crippen molar-refractivity contribution in [3.8, 4) is 0 Å². The van der Waals surface area contributed by atoms with Crippen LogP contribution in [-0.2, 0) is 0 Å². The molecule has 0 bridgehead atoms.